The lowest BCUT2D eigenvalue weighted by Gasteiger charge is -2.15. The summed E-state index contributed by atoms with van der Waals surface area (Å²) in [5.41, 5.74) is 2.79. The van der Waals surface area contributed by atoms with Gasteiger partial charge < -0.3 is 15.6 Å². The van der Waals surface area contributed by atoms with E-state index in [-0.39, 0.29) is 11.9 Å². The molecule has 0 fully saturated rings. The van der Waals surface area contributed by atoms with Crippen molar-refractivity contribution in [3.8, 4) is 0 Å². The monoisotopic (exact) mass is 286 g/mol. The van der Waals surface area contributed by atoms with Gasteiger partial charge in [0.1, 0.15) is 5.82 Å². The van der Waals surface area contributed by atoms with Gasteiger partial charge in [-0.05, 0) is 44.0 Å². The number of aromatic amines is 1. The number of carbonyl (C=O) groups excluding carboxylic acids is 1. The van der Waals surface area contributed by atoms with Gasteiger partial charge in [-0.1, -0.05) is 6.92 Å². The third-order valence-corrected chi connectivity index (χ3v) is 3.42. The van der Waals surface area contributed by atoms with E-state index in [0.717, 1.165) is 30.0 Å². The fourth-order valence-corrected chi connectivity index (χ4v) is 2.27. The second-order valence-electron chi connectivity index (χ2n) is 4.97. The molecule has 0 radical (unpaired) electrons. The van der Waals surface area contributed by atoms with Gasteiger partial charge in [0.15, 0.2) is 0 Å². The summed E-state index contributed by atoms with van der Waals surface area (Å²) in [7, 11) is 0. The highest BCUT2D eigenvalue weighted by atomic mass is 16.1. The minimum atomic E-state index is -0.0961. The van der Waals surface area contributed by atoms with E-state index in [9.17, 15) is 4.79 Å². The van der Waals surface area contributed by atoms with Crippen LogP contribution in [0.2, 0.25) is 0 Å². The lowest BCUT2D eigenvalue weighted by atomic mass is 10.1. The molecule has 21 heavy (non-hydrogen) atoms. The number of hydrogen-bond donors (Lipinski definition) is 3. The number of nitrogens with zero attached hydrogens (tertiary/aromatic N) is 1. The molecule has 1 aromatic carbocycles. The van der Waals surface area contributed by atoms with E-state index < -0.39 is 0 Å². The first-order valence-electron chi connectivity index (χ1n) is 7.30. The average molecular weight is 286 g/mol. The molecule has 0 aliphatic rings. The number of aryl methyl sites for hydroxylation is 1. The second kappa shape index (κ2) is 6.92. The third-order valence-electron chi connectivity index (χ3n) is 3.42. The number of rotatable bonds is 6. The number of amides is 1. The van der Waals surface area contributed by atoms with Crippen LogP contribution in [0.25, 0.3) is 0 Å². The van der Waals surface area contributed by atoms with Crippen LogP contribution in [0.5, 0.6) is 0 Å². The first kappa shape index (κ1) is 15.1. The molecule has 3 N–H and O–H groups in total. The van der Waals surface area contributed by atoms with Crippen molar-refractivity contribution in [1.82, 2.24) is 15.3 Å². The van der Waals surface area contributed by atoms with Crippen LogP contribution in [0.3, 0.4) is 0 Å². The maximum Gasteiger partial charge on any atom is 0.251 e. The van der Waals surface area contributed by atoms with Crippen LogP contribution in [-0.4, -0.2) is 22.4 Å². The highest BCUT2D eigenvalue weighted by molar-refractivity contribution is 5.95. The molecule has 5 nitrogen and oxygen atoms in total. The topological polar surface area (TPSA) is 69.8 Å². The third kappa shape index (κ3) is 3.62. The molecule has 0 saturated carbocycles. The van der Waals surface area contributed by atoms with Gasteiger partial charge in [-0.15, -0.1) is 0 Å². The summed E-state index contributed by atoms with van der Waals surface area (Å²) < 4.78 is 0. The maximum atomic E-state index is 12.4. The largest absolute Gasteiger partial charge is 0.385 e. The summed E-state index contributed by atoms with van der Waals surface area (Å²) in [6.07, 6.45) is 4.24. The summed E-state index contributed by atoms with van der Waals surface area (Å²) in [6, 6.07) is 5.60. The fourth-order valence-electron chi connectivity index (χ4n) is 2.27. The molecule has 2 rings (SSSR count). The molecular formula is C16H22N4O. The second-order valence-corrected chi connectivity index (χ2v) is 4.97. The van der Waals surface area contributed by atoms with E-state index in [1.165, 1.54) is 0 Å². The van der Waals surface area contributed by atoms with Crippen LogP contribution in [0.1, 0.15) is 48.1 Å². The number of nitrogens with one attached hydrogen (secondary N) is 3. The number of hydrogen-bond acceptors (Lipinski definition) is 3. The summed E-state index contributed by atoms with van der Waals surface area (Å²) in [5.74, 6) is 0.705. The Hall–Kier alpha value is -2.30. The van der Waals surface area contributed by atoms with Gasteiger partial charge in [0.05, 0.1) is 6.04 Å². The fraction of sp³-hybridized carbons (Fsp3) is 0.375. The molecule has 1 amide bonds. The molecular weight excluding hydrogens is 264 g/mol. The molecule has 0 saturated heterocycles. The number of anilines is 1. The maximum absolute atomic E-state index is 12.4. The predicted octanol–water partition coefficient (Wildman–Crippen LogP) is 3.03. The zero-order valence-corrected chi connectivity index (χ0v) is 12.7. The zero-order valence-electron chi connectivity index (χ0n) is 12.7. The molecule has 0 aliphatic carbocycles. The minimum Gasteiger partial charge on any atom is -0.385 e. The normalized spacial score (nSPS) is 12.0. The Bertz CT molecular complexity index is 592. The van der Waals surface area contributed by atoms with Gasteiger partial charge in [-0.3, -0.25) is 4.79 Å². The van der Waals surface area contributed by atoms with Gasteiger partial charge >= 0.3 is 0 Å². The molecule has 0 spiro atoms. The van der Waals surface area contributed by atoms with Crippen molar-refractivity contribution in [3.63, 3.8) is 0 Å². The number of imidazole rings is 1. The first-order valence-corrected chi connectivity index (χ1v) is 7.30. The first-order chi connectivity index (χ1) is 10.2. The number of carbonyl (C=O) groups is 1. The summed E-state index contributed by atoms with van der Waals surface area (Å²) >= 11 is 0. The van der Waals surface area contributed by atoms with E-state index in [1.54, 1.807) is 12.4 Å². The number of aromatic nitrogens is 2. The lowest BCUT2D eigenvalue weighted by Crippen LogP contribution is -2.29. The van der Waals surface area contributed by atoms with Gasteiger partial charge in [0.25, 0.3) is 5.91 Å². The van der Waals surface area contributed by atoms with E-state index in [0.29, 0.717) is 5.56 Å². The van der Waals surface area contributed by atoms with Crippen molar-refractivity contribution in [3.05, 3.63) is 47.5 Å². The Balaban J connectivity index is 2.11. The quantitative estimate of drug-likeness (QED) is 0.764. The minimum absolute atomic E-state index is 0.0793. The zero-order chi connectivity index (χ0) is 15.2. The Kier molecular flexibility index (Phi) is 4.98. The predicted molar refractivity (Wildman–Crippen MR) is 84.4 cm³/mol. The van der Waals surface area contributed by atoms with Crippen LogP contribution < -0.4 is 10.6 Å². The van der Waals surface area contributed by atoms with Crippen molar-refractivity contribution in [2.45, 2.75) is 33.2 Å². The van der Waals surface area contributed by atoms with Crippen LogP contribution >= 0.6 is 0 Å². The molecule has 1 atom stereocenters. The van der Waals surface area contributed by atoms with Crippen molar-refractivity contribution in [2.75, 3.05) is 11.9 Å². The lowest BCUT2D eigenvalue weighted by molar-refractivity contribution is 0.0934. The molecule has 112 valence electrons. The van der Waals surface area contributed by atoms with Gasteiger partial charge in [-0.2, -0.15) is 0 Å². The molecule has 1 heterocycles. The van der Waals surface area contributed by atoms with Crippen LogP contribution in [0, 0.1) is 6.92 Å². The molecule has 2 aromatic rings. The summed E-state index contributed by atoms with van der Waals surface area (Å²) in [4.78, 5) is 19.6. The molecule has 0 aliphatic heterocycles. The van der Waals surface area contributed by atoms with Gasteiger partial charge in [0, 0.05) is 30.2 Å². The SMILES string of the molecule is CCNc1ccc(C(=O)NC(CC)c2ncc[nH]2)cc1C. The van der Waals surface area contributed by atoms with Gasteiger partial charge in [0.2, 0.25) is 0 Å². The van der Waals surface area contributed by atoms with Crippen molar-refractivity contribution >= 4 is 11.6 Å². The van der Waals surface area contributed by atoms with Crippen molar-refractivity contribution in [2.24, 2.45) is 0 Å². The standard InChI is InChI=1S/C16H22N4O/c1-4-13(15-18-8-9-19-15)20-16(21)12-6-7-14(17-5-2)11(3)10-12/h6-10,13,17H,4-5H2,1-3H3,(H,18,19)(H,20,21). The number of H-pyrrole nitrogens is 1. The molecule has 0 bridgehead atoms. The molecule has 1 unspecified atom stereocenters. The Morgan fingerprint density at radius 3 is 2.76 bits per heavy atom. The Morgan fingerprint density at radius 1 is 1.38 bits per heavy atom. The number of benzene rings is 1. The highest BCUT2D eigenvalue weighted by Gasteiger charge is 2.16. The molecule has 5 heteroatoms. The summed E-state index contributed by atoms with van der Waals surface area (Å²) in [6.45, 7) is 6.93. The average Bonchev–Trinajstić information content (AvgIpc) is 3.01. The Labute approximate surface area is 125 Å². The van der Waals surface area contributed by atoms with E-state index in [4.69, 9.17) is 0 Å². The van der Waals surface area contributed by atoms with E-state index in [1.807, 2.05) is 32.0 Å². The summed E-state index contributed by atoms with van der Waals surface area (Å²) in [5, 5.41) is 6.28. The van der Waals surface area contributed by atoms with Crippen molar-refractivity contribution < 1.29 is 4.79 Å². The van der Waals surface area contributed by atoms with Crippen molar-refractivity contribution in [1.29, 1.82) is 0 Å². The van der Waals surface area contributed by atoms with Crippen LogP contribution in [0.4, 0.5) is 5.69 Å². The van der Waals surface area contributed by atoms with Gasteiger partial charge in [-0.25, -0.2) is 4.98 Å². The Morgan fingerprint density at radius 2 is 2.19 bits per heavy atom. The highest BCUT2D eigenvalue weighted by Crippen LogP contribution is 2.18. The van der Waals surface area contributed by atoms with E-state index in [2.05, 4.69) is 27.5 Å². The van der Waals surface area contributed by atoms with Crippen LogP contribution in [0.15, 0.2) is 30.6 Å². The molecule has 1 aromatic heterocycles. The smallest absolute Gasteiger partial charge is 0.251 e. The van der Waals surface area contributed by atoms with E-state index >= 15 is 0 Å². The van der Waals surface area contributed by atoms with Crippen LogP contribution in [-0.2, 0) is 0 Å².